The van der Waals surface area contributed by atoms with Crippen LogP contribution in [0, 0.1) is 0 Å². The first-order valence-electron chi connectivity index (χ1n) is 4.48. The van der Waals surface area contributed by atoms with Gasteiger partial charge >= 0.3 is 0 Å². The van der Waals surface area contributed by atoms with E-state index < -0.39 is 0 Å². The maximum Gasteiger partial charge on any atom is 0.256 e. The molecule has 0 aliphatic heterocycles. The van der Waals surface area contributed by atoms with Crippen LogP contribution in [0.4, 0.5) is 0 Å². The number of nitrogens with zero attached hydrogens (tertiary/aromatic N) is 1. The molecule has 78 valence electrons. The van der Waals surface area contributed by atoms with E-state index in [4.69, 9.17) is 0 Å². The summed E-state index contributed by atoms with van der Waals surface area (Å²) >= 11 is 0. The molecule has 0 unspecified atom stereocenters. The van der Waals surface area contributed by atoms with Crippen molar-refractivity contribution in [3.8, 4) is 0 Å². The fourth-order valence-corrected chi connectivity index (χ4v) is 0.972. The molecule has 0 fully saturated rings. The van der Waals surface area contributed by atoms with E-state index in [-0.39, 0.29) is 17.9 Å². The van der Waals surface area contributed by atoms with E-state index in [1.807, 2.05) is 0 Å². The van der Waals surface area contributed by atoms with Crippen molar-refractivity contribution in [2.45, 2.75) is 33.7 Å². The van der Waals surface area contributed by atoms with E-state index in [9.17, 15) is 9.59 Å². The Labute approximate surface area is 85.1 Å². The van der Waals surface area contributed by atoms with Gasteiger partial charge in [0.15, 0.2) is 0 Å². The summed E-state index contributed by atoms with van der Waals surface area (Å²) in [5, 5.41) is 0. The van der Waals surface area contributed by atoms with Crippen molar-refractivity contribution >= 4 is 11.8 Å². The number of hydrogen-bond donors (Lipinski definition) is 0. The smallest absolute Gasteiger partial charge is 0.256 e. The van der Waals surface area contributed by atoms with Gasteiger partial charge in [-0.25, -0.2) is 0 Å². The van der Waals surface area contributed by atoms with Crippen LogP contribution in [-0.4, -0.2) is 22.8 Å². The van der Waals surface area contributed by atoms with E-state index in [0.29, 0.717) is 11.1 Å². The van der Waals surface area contributed by atoms with E-state index in [1.165, 1.54) is 4.90 Å². The molecular weight excluding hydrogens is 178 g/mol. The van der Waals surface area contributed by atoms with Crippen LogP contribution in [0.15, 0.2) is 24.3 Å². The molecule has 0 heterocycles. The number of imide groups is 1. The standard InChI is InChI=1S/C11H17NO2/c1-7(2)10(13)12(9(5)6)11(14)8(3)4/h9H,1,3H2,2,4-6H3. The lowest BCUT2D eigenvalue weighted by molar-refractivity contribution is -0.141. The Morgan fingerprint density at radius 2 is 1.29 bits per heavy atom. The van der Waals surface area contributed by atoms with Crippen molar-refractivity contribution in [3.63, 3.8) is 0 Å². The summed E-state index contributed by atoms with van der Waals surface area (Å²) < 4.78 is 0. The molecule has 0 aliphatic carbocycles. The molecule has 2 amide bonds. The maximum absolute atomic E-state index is 11.6. The van der Waals surface area contributed by atoms with Crippen LogP contribution >= 0.6 is 0 Å². The lowest BCUT2D eigenvalue weighted by Gasteiger charge is -2.24. The Hall–Kier alpha value is -1.38. The predicted molar refractivity (Wildman–Crippen MR) is 56.6 cm³/mol. The van der Waals surface area contributed by atoms with Gasteiger partial charge in [-0.05, 0) is 27.7 Å². The molecule has 0 aliphatic rings. The van der Waals surface area contributed by atoms with Gasteiger partial charge in [-0.3, -0.25) is 14.5 Å². The molecule has 0 N–H and O–H groups in total. The van der Waals surface area contributed by atoms with Gasteiger partial charge in [0.2, 0.25) is 0 Å². The Morgan fingerprint density at radius 1 is 1.00 bits per heavy atom. The number of hydrogen-bond acceptors (Lipinski definition) is 2. The van der Waals surface area contributed by atoms with Crippen LogP contribution in [-0.2, 0) is 9.59 Å². The van der Waals surface area contributed by atoms with Gasteiger partial charge in [0.25, 0.3) is 11.8 Å². The normalized spacial score (nSPS) is 9.79. The topological polar surface area (TPSA) is 37.4 Å². The number of carbonyl (C=O) groups is 2. The molecule has 0 aromatic carbocycles. The third-order valence-corrected chi connectivity index (χ3v) is 1.68. The molecule has 0 radical (unpaired) electrons. The molecule has 3 nitrogen and oxygen atoms in total. The van der Waals surface area contributed by atoms with E-state index in [0.717, 1.165) is 0 Å². The number of rotatable bonds is 3. The summed E-state index contributed by atoms with van der Waals surface area (Å²) in [6.45, 7) is 13.8. The highest BCUT2D eigenvalue weighted by molar-refractivity contribution is 6.09. The number of amides is 2. The van der Waals surface area contributed by atoms with Gasteiger partial charge in [-0.2, -0.15) is 0 Å². The van der Waals surface area contributed by atoms with Crippen molar-refractivity contribution in [1.29, 1.82) is 0 Å². The second-order valence-corrected chi connectivity index (χ2v) is 3.63. The minimum absolute atomic E-state index is 0.177. The molecule has 0 aromatic heterocycles. The highest BCUT2D eigenvalue weighted by Gasteiger charge is 2.24. The first kappa shape index (κ1) is 12.6. The minimum atomic E-state index is -0.340. The minimum Gasteiger partial charge on any atom is -0.272 e. The monoisotopic (exact) mass is 195 g/mol. The average Bonchev–Trinajstić information content (AvgIpc) is 2.03. The first-order chi connectivity index (χ1) is 6.29. The van der Waals surface area contributed by atoms with Crippen LogP contribution in [0.5, 0.6) is 0 Å². The first-order valence-corrected chi connectivity index (χ1v) is 4.48. The molecule has 0 atom stereocenters. The van der Waals surface area contributed by atoms with Crippen LogP contribution in [0.2, 0.25) is 0 Å². The summed E-state index contributed by atoms with van der Waals surface area (Å²) in [5.41, 5.74) is 0.710. The highest BCUT2D eigenvalue weighted by Crippen LogP contribution is 2.08. The van der Waals surface area contributed by atoms with Crippen LogP contribution < -0.4 is 0 Å². The molecule has 0 aromatic rings. The molecule has 0 bridgehead atoms. The lowest BCUT2D eigenvalue weighted by Crippen LogP contribution is -2.42. The van der Waals surface area contributed by atoms with E-state index >= 15 is 0 Å². The zero-order valence-corrected chi connectivity index (χ0v) is 9.26. The van der Waals surface area contributed by atoms with Gasteiger partial charge < -0.3 is 0 Å². The van der Waals surface area contributed by atoms with Crippen molar-refractivity contribution in [2.24, 2.45) is 0 Å². The second kappa shape index (κ2) is 4.74. The van der Waals surface area contributed by atoms with Crippen molar-refractivity contribution < 1.29 is 9.59 Å². The maximum atomic E-state index is 11.6. The van der Waals surface area contributed by atoms with Crippen LogP contribution in [0.3, 0.4) is 0 Å². The molecule has 0 rings (SSSR count). The molecule has 0 spiro atoms. The Balaban J connectivity index is 4.97. The van der Waals surface area contributed by atoms with Gasteiger partial charge in [0, 0.05) is 17.2 Å². The largest absolute Gasteiger partial charge is 0.272 e. The molecule has 3 heteroatoms. The van der Waals surface area contributed by atoms with E-state index in [2.05, 4.69) is 13.2 Å². The summed E-state index contributed by atoms with van der Waals surface area (Å²) in [6.07, 6.45) is 0. The Morgan fingerprint density at radius 3 is 1.43 bits per heavy atom. The van der Waals surface area contributed by atoms with Crippen LogP contribution in [0.25, 0.3) is 0 Å². The van der Waals surface area contributed by atoms with Crippen molar-refractivity contribution in [2.75, 3.05) is 0 Å². The quantitative estimate of drug-likeness (QED) is 0.645. The highest BCUT2D eigenvalue weighted by atomic mass is 16.2. The summed E-state index contributed by atoms with van der Waals surface area (Å²) in [6, 6.07) is -0.177. The summed E-state index contributed by atoms with van der Waals surface area (Å²) in [5.74, 6) is -0.680. The Kier molecular flexibility index (Phi) is 4.28. The predicted octanol–water partition coefficient (Wildman–Crippen LogP) is 1.90. The molecule has 0 saturated heterocycles. The van der Waals surface area contributed by atoms with Gasteiger partial charge in [0.05, 0.1) is 0 Å². The van der Waals surface area contributed by atoms with Gasteiger partial charge in [-0.15, -0.1) is 0 Å². The molecular formula is C11H17NO2. The Bertz CT molecular complexity index is 264. The number of carbonyl (C=O) groups excluding carboxylic acids is 2. The summed E-state index contributed by atoms with van der Waals surface area (Å²) in [4.78, 5) is 24.4. The summed E-state index contributed by atoms with van der Waals surface area (Å²) in [7, 11) is 0. The van der Waals surface area contributed by atoms with Crippen molar-refractivity contribution in [3.05, 3.63) is 24.3 Å². The van der Waals surface area contributed by atoms with Gasteiger partial charge in [-0.1, -0.05) is 13.2 Å². The second-order valence-electron chi connectivity index (χ2n) is 3.63. The van der Waals surface area contributed by atoms with Crippen LogP contribution in [0.1, 0.15) is 27.7 Å². The fraction of sp³-hybridized carbons (Fsp3) is 0.455. The average molecular weight is 195 g/mol. The van der Waals surface area contributed by atoms with E-state index in [1.54, 1.807) is 27.7 Å². The zero-order valence-electron chi connectivity index (χ0n) is 9.26. The lowest BCUT2D eigenvalue weighted by atomic mass is 10.2. The fourth-order valence-electron chi connectivity index (χ4n) is 0.972. The third-order valence-electron chi connectivity index (χ3n) is 1.68. The molecule has 14 heavy (non-hydrogen) atoms. The van der Waals surface area contributed by atoms with Crippen molar-refractivity contribution in [1.82, 2.24) is 4.90 Å². The SMILES string of the molecule is C=C(C)C(=O)N(C(=O)C(=C)C)C(C)C. The van der Waals surface area contributed by atoms with Gasteiger partial charge in [0.1, 0.15) is 0 Å². The third kappa shape index (κ3) is 2.83. The zero-order chi connectivity index (χ0) is 11.5. The molecule has 0 saturated carbocycles.